The van der Waals surface area contributed by atoms with Crippen molar-refractivity contribution in [3.63, 3.8) is 0 Å². The average molecular weight is 490 g/mol. The Morgan fingerprint density at radius 2 is 1.82 bits per heavy atom. The van der Waals surface area contributed by atoms with Gasteiger partial charge in [-0.05, 0) is 49.8 Å². The Morgan fingerprint density at radius 1 is 1.12 bits per heavy atom. The van der Waals surface area contributed by atoms with Gasteiger partial charge in [0.05, 0.1) is 15.9 Å². The number of sulfonamides is 1. The highest BCUT2D eigenvalue weighted by Crippen LogP contribution is 2.25. The van der Waals surface area contributed by atoms with Crippen LogP contribution < -0.4 is 5.32 Å². The van der Waals surface area contributed by atoms with Gasteiger partial charge in [0.2, 0.25) is 15.9 Å². The summed E-state index contributed by atoms with van der Waals surface area (Å²) in [6.07, 6.45) is 5.81. The summed E-state index contributed by atoms with van der Waals surface area (Å²) in [6.45, 7) is 8.84. The van der Waals surface area contributed by atoms with E-state index in [9.17, 15) is 13.2 Å². The van der Waals surface area contributed by atoms with Crippen LogP contribution in [0.1, 0.15) is 58.2 Å². The van der Waals surface area contributed by atoms with Crippen LogP contribution in [0.2, 0.25) is 0 Å². The smallest absolute Gasteiger partial charge is 0.243 e. The van der Waals surface area contributed by atoms with Crippen molar-refractivity contribution in [2.24, 2.45) is 13.0 Å². The molecule has 2 aromatic rings. The summed E-state index contributed by atoms with van der Waals surface area (Å²) >= 11 is 0. The Labute approximate surface area is 203 Å². The van der Waals surface area contributed by atoms with E-state index in [1.54, 1.807) is 16.4 Å². The maximum atomic E-state index is 13.0. The molecule has 3 heterocycles. The number of carbonyl (C=O) groups is 1. The van der Waals surface area contributed by atoms with Crippen LogP contribution in [0.5, 0.6) is 0 Å². The number of benzene rings is 1. The lowest BCUT2D eigenvalue weighted by atomic mass is 10.0. The zero-order valence-corrected chi connectivity index (χ0v) is 21.6. The number of amides is 1. The van der Waals surface area contributed by atoms with Crippen molar-refractivity contribution in [2.45, 2.75) is 69.7 Å². The summed E-state index contributed by atoms with van der Waals surface area (Å²) in [6, 6.07) is 5.43. The van der Waals surface area contributed by atoms with Crippen molar-refractivity contribution in [1.29, 1.82) is 0 Å². The zero-order valence-electron chi connectivity index (χ0n) is 20.8. The summed E-state index contributed by atoms with van der Waals surface area (Å²) in [4.78, 5) is 20.0. The molecule has 0 radical (unpaired) electrons. The first kappa shape index (κ1) is 25.1. The number of imidazole rings is 1. The first-order valence-electron chi connectivity index (χ1n) is 12.7. The van der Waals surface area contributed by atoms with Crippen LogP contribution in [0.3, 0.4) is 0 Å². The molecule has 0 unspecified atom stereocenters. The quantitative estimate of drug-likeness (QED) is 0.616. The number of fused-ring (bicyclic) bond motifs is 1. The fourth-order valence-corrected chi connectivity index (χ4v) is 6.71. The van der Waals surface area contributed by atoms with E-state index in [1.807, 2.05) is 17.7 Å². The van der Waals surface area contributed by atoms with Gasteiger partial charge >= 0.3 is 0 Å². The highest BCUT2D eigenvalue weighted by atomic mass is 32.2. The predicted octanol–water partition coefficient (Wildman–Crippen LogP) is 2.92. The number of piperidine rings is 2. The molecule has 34 heavy (non-hydrogen) atoms. The highest BCUT2D eigenvalue weighted by Gasteiger charge is 2.27. The van der Waals surface area contributed by atoms with Crippen molar-refractivity contribution in [2.75, 3.05) is 32.7 Å². The van der Waals surface area contributed by atoms with E-state index in [-0.39, 0.29) is 11.9 Å². The maximum absolute atomic E-state index is 13.0. The summed E-state index contributed by atoms with van der Waals surface area (Å²) < 4.78 is 29.6. The molecule has 1 aromatic carbocycles. The summed E-state index contributed by atoms with van der Waals surface area (Å²) in [5, 5.41) is 3.19. The van der Waals surface area contributed by atoms with E-state index < -0.39 is 10.0 Å². The number of likely N-dealkylation sites (tertiary alicyclic amines) is 1. The fraction of sp³-hybridized carbons (Fsp3) is 0.680. The monoisotopic (exact) mass is 489 g/mol. The second-order valence-electron chi connectivity index (χ2n) is 10.2. The van der Waals surface area contributed by atoms with E-state index in [0.29, 0.717) is 42.3 Å². The number of aromatic nitrogens is 2. The average Bonchev–Trinajstić information content (AvgIpc) is 3.14. The first-order chi connectivity index (χ1) is 16.2. The lowest BCUT2D eigenvalue weighted by Gasteiger charge is -2.33. The van der Waals surface area contributed by atoms with Crippen LogP contribution in [0.25, 0.3) is 11.0 Å². The Bertz CT molecular complexity index is 1100. The molecule has 0 bridgehead atoms. The zero-order chi connectivity index (χ0) is 24.3. The SMILES string of the molecule is CC(C)CN1CCC(NC(=O)CCc2nc3cc(S(=O)(=O)N4CCCCC4)ccc3n2C)CC1. The topological polar surface area (TPSA) is 87.5 Å². The molecular weight excluding hydrogens is 450 g/mol. The number of hydrogen-bond acceptors (Lipinski definition) is 5. The molecule has 8 nitrogen and oxygen atoms in total. The van der Waals surface area contributed by atoms with Crippen LogP contribution in [-0.2, 0) is 28.3 Å². The minimum absolute atomic E-state index is 0.0581. The molecule has 2 fully saturated rings. The molecule has 188 valence electrons. The second kappa shape index (κ2) is 10.7. The van der Waals surface area contributed by atoms with Gasteiger partial charge in [0.1, 0.15) is 5.82 Å². The predicted molar refractivity (Wildman–Crippen MR) is 134 cm³/mol. The van der Waals surface area contributed by atoms with Crippen LogP contribution in [-0.4, -0.2) is 71.8 Å². The van der Waals surface area contributed by atoms with E-state index >= 15 is 0 Å². The standard InChI is InChI=1S/C25H39N5O3S/c1-19(2)18-29-15-11-20(12-16-29)26-25(31)10-9-24-27-22-17-21(7-8-23(22)28(24)3)34(32,33)30-13-5-4-6-14-30/h7-8,17,19-20H,4-6,9-16,18H2,1-3H3,(H,26,31). The normalized spacial score (nSPS) is 19.2. The fourth-order valence-electron chi connectivity index (χ4n) is 5.17. The molecule has 0 spiro atoms. The van der Waals surface area contributed by atoms with Crippen LogP contribution in [0.4, 0.5) is 0 Å². The van der Waals surface area contributed by atoms with Crippen molar-refractivity contribution in [1.82, 2.24) is 24.1 Å². The summed E-state index contributed by atoms with van der Waals surface area (Å²) in [7, 11) is -1.57. The molecule has 1 aromatic heterocycles. The summed E-state index contributed by atoms with van der Waals surface area (Å²) in [5.74, 6) is 1.52. The molecule has 4 rings (SSSR count). The number of hydrogen-bond donors (Lipinski definition) is 1. The van der Waals surface area contributed by atoms with E-state index in [0.717, 1.165) is 63.1 Å². The van der Waals surface area contributed by atoms with Gasteiger partial charge in [-0.2, -0.15) is 4.31 Å². The number of carbonyl (C=O) groups excluding carboxylic acids is 1. The third-order valence-corrected chi connectivity index (χ3v) is 8.94. The number of aryl methyl sites for hydroxylation is 2. The Morgan fingerprint density at radius 3 is 2.50 bits per heavy atom. The number of rotatable bonds is 8. The van der Waals surface area contributed by atoms with Gasteiger partial charge in [0, 0.05) is 58.7 Å². The third-order valence-electron chi connectivity index (χ3n) is 7.05. The van der Waals surface area contributed by atoms with Gasteiger partial charge in [-0.15, -0.1) is 0 Å². The van der Waals surface area contributed by atoms with E-state index in [4.69, 9.17) is 0 Å². The molecule has 1 N–H and O–H groups in total. The van der Waals surface area contributed by atoms with Gasteiger partial charge in [-0.3, -0.25) is 4.79 Å². The van der Waals surface area contributed by atoms with E-state index in [2.05, 4.69) is 29.0 Å². The molecule has 1 amide bonds. The molecule has 9 heteroatoms. The Kier molecular flexibility index (Phi) is 7.94. The van der Waals surface area contributed by atoms with Crippen molar-refractivity contribution in [3.8, 4) is 0 Å². The minimum Gasteiger partial charge on any atom is -0.353 e. The van der Waals surface area contributed by atoms with E-state index in [1.165, 1.54) is 0 Å². The van der Waals surface area contributed by atoms with Crippen molar-refractivity contribution in [3.05, 3.63) is 24.0 Å². The molecule has 0 atom stereocenters. The third kappa shape index (κ3) is 5.80. The Hall–Kier alpha value is -1.97. The van der Waals surface area contributed by atoms with Gasteiger partial charge in [-0.25, -0.2) is 13.4 Å². The molecule has 2 aliphatic rings. The lowest BCUT2D eigenvalue weighted by Crippen LogP contribution is -2.45. The number of nitrogens with zero attached hydrogens (tertiary/aromatic N) is 4. The number of nitrogens with one attached hydrogen (secondary N) is 1. The molecule has 2 saturated heterocycles. The maximum Gasteiger partial charge on any atom is 0.243 e. The van der Waals surface area contributed by atoms with Crippen LogP contribution >= 0.6 is 0 Å². The summed E-state index contributed by atoms with van der Waals surface area (Å²) in [5.41, 5.74) is 1.54. The molecule has 0 aliphatic carbocycles. The van der Waals surface area contributed by atoms with Crippen LogP contribution in [0, 0.1) is 5.92 Å². The van der Waals surface area contributed by atoms with Gasteiger partial charge in [0.25, 0.3) is 0 Å². The Balaban J connectivity index is 1.35. The van der Waals surface area contributed by atoms with Crippen molar-refractivity contribution >= 4 is 27.0 Å². The lowest BCUT2D eigenvalue weighted by molar-refractivity contribution is -0.122. The molecular formula is C25H39N5O3S. The molecule has 2 aliphatic heterocycles. The van der Waals surface area contributed by atoms with Gasteiger partial charge in [-0.1, -0.05) is 20.3 Å². The van der Waals surface area contributed by atoms with Crippen molar-refractivity contribution < 1.29 is 13.2 Å². The second-order valence-corrected chi connectivity index (χ2v) is 12.2. The van der Waals surface area contributed by atoms with Crippen LogP contribution in [0.15, 0.2) is 23.1 Å². The minimum atomic E-state index is -3.49. The highest BCUT2D eigenvalue weighted by molar-refractivity contribution is 7.89. The first-order valence-corrected chi connectivity index (χ1v) is 14.2. The van der Waals surface area contributed by atoms with Gasteiger partial charge in [0.15, 0.2) is 0 Å². The molecule has 0 saturated carbocycles. The largest absolute Gasteiger partial charge is 0.353 e. The van der Waals surface area contributed by atoms with Gasteiger partial charge < -0.3 is 14.8 Å².